The Kier molecular flexibility index (Phi) is 5.41. The minimum absolute atomic E-state index is 0.0938. The monoisotopic (exact) mass is 467 g/mol. The molecule has 5 nitrogen and oxygen atoms in total. The SMILES string of the molecule is CC(C#N)(Cn1nc2ccc(Br)cc2n1)NC(=S)c1ccc(C(F)(F)F)cc1. The van der Waals surface area contributed by atoms with Crippen LogP contribution in [0.15, 0.2) is 46.9 Å². The third-order valence-electron chi connectivity index (χ3n) is 3.95. The molecule has 1 unspecified atom stereocenters. The van der Waals surface area contributed by atoms with Gasteiger partial charge in [-0.25, -0.2) is 0 Å². The van der Waals surface area contributed by atoms with Crippen LogP contribution in [0.4, 0.5) is 13.2 Å². The lowest BCUT2D eigenvalue weighted by Gasteiger charge is -2.24. The minimum Gasteiger partial charge on any atom is -0.357 e. The summed E-state index contributed by atoms with van der Waals surface area (Å²) in [6, 6.07) is 12.0. The van der Waals surface area contributed by atoms with Crippen LogP contribution in [0.25, 0.3) is 11.0 Å². The Hall–Kier alpha value is -2.51. The van der Waals surface area contributed by atoms with Gasteiger partial charge in [0.1, 0.15) is 21.6 Å². The normalized spacial score (nSPS) is 13.7. The highest BCUT2D eigenvalue weighted by Gasteiger charge is 2.31. The van der Waals surface area contributed by atoms with Gasteiger partial charge in [-0.05, 0) is 37.3 Å². The minimum atomic E-state index is -4.42. The molecule has 0 bridgehead atoms. The quantitative estimate of drug-likeness (QED) is 0.573. The van der Waals surface area contributed by atoms with Crippen LogP contribution in [0, 0.1) is 11.3 Å². The van der Waals surface area contributed by atoms with Crippen molar-refractivity contribution in [3.05, 3.63) is 58.1 Å². The molecule has 0 radical (unpaired) electrons. The Morgan fingerprint density at radius 2 is 1.82 bits per heavy atom. The topological polar surface area (TPSA) is 66.5 Å². The third kappa shape index (κ3) is 4.48. The molecule has 0 aliphatic carbocycles. The van der Waals surface area contributed by atoms with Gasteiger partial charge in [-0.3, -0.25) is 0 Å². The number of hydrogen-bond acceptors (Lipinski definition) is 4. The Morgan fingerprint density at radius 1 is 1.18 bits per heavy atom. The van der Waals surface area contributed by atoms with Crippen LogP contribution in [-0.4, -0.2) is 25.5 Å². The summed E-state index contributed by atoms with van der Waals surface area (Å²) < 4.78 is 38.9. The lowest BCUT2D eigenvalue weighted by atomic mass is 10.0. The first-order valence-corrected chi connectivity index (χ1v) is 9.21. The predicted molar refractivity (Wildman–Crippen MR) is 106 cm³/mol. The molecule has 0 spiro atoms. The summed E-state index contributed by atoms with van der Waals surface area (Å²) >= 11 is 8.63. The largest absolute Gasteiger partial charge is 0.416 e. The number of thiocarbonyl (C=S) groups is 1. The van der Waals surface area contributed by atoms with Crippen LogP contribution in [0.1, 0.15) is 18.1 Å². The molecule has 1 aromatic heterocycles. The molecule has 3 rings (SSSR count). The van der Waals surface area contributed by atoms with Gasteiger partial charge in [-0.15, -0.1) is 0 Å². The summed E-state index contributed by atoms with van der Waals surface area (Å²) in [7, 11) is 0. The summed E-state index contributed by atoms with van der Waals surface area (Å²) in [5.74, 6) is 0. The first-order valence-electron chi connectivity index (χ1n) is 8.01. The molecule has 3 aromatic rings. The van der Waals surface area contributed by atoms with Crippen molar-refractivity contribution < 1.29 is 13.2 Å². The van der Waals surface area contributed by atoms with E-state index in [0.29, 0.717) is 16.6 Å². The molecule has 0 saturated carbocycles. The van der Waals surface area contributed by atoms with E-state index in [0.717, 1.165) is 16.6 Å². The second-order valence-electron chi connectivity index (χ2n) is 6.34. The highest BCUT2D eigenvalue weighted by atomic mass is 79.9. The molecule has 10 heteroatoms. The molecule has 1 heterocycles. The maximum absolute atomic E-state index is 12.7. The van der Waals surface area contributed by atoms with Crippen LogP contribution < -0.4 is 5.32 Å². The van der Waals surface area contributed by atoms with Crippen LogP contribution in [0.5, 0.6) is 0 Å². The summed E-state index contributed by atoms with van der Waals surface area (Å²) in [6.45, 7) is 1.71. The molecule has 0 aliphatic rings. The van der Waals surface area contributed by atoms with Crippen molar-refractivity contribution in [1.82, 2.24) is 20.3 Å². The zero-order valence-corrected chi connectivity index (χ0v) is 16.9. The number of nitriles is 1. The molecule has 144 valence electrons. The Labute approximate surface area is 172 Å². The first kappa shape index (κ1) is 20.2. The number of fused-ring (bicyclic) bond motifs is 1. The number of nitrogens with one attached hydrogen (secondary N) is 1. The predicted octanol–water partition coefficient (Wildman–Crippen LogP) is 4.46. The third-order valence-corrected chi connectivity index (χ3v) is 4.78. The molecule has 28 heavy (non-hydrogen) atoms. The highest BCUT2D eigenvalue weighted by Crippen LogP contribution is 2.29. The summed E-state index contributed by atoms with van der Waals surface area (Å²) in [4.78, 5) is 1.56. The lowest BCUT2D eigenvalue weighted by molar-refractivity contribution is -0.137. The highest BCUT2D eigenvalue weighted by molar-refractivity contribution is 9.10. The maximum atomic E-state index is 12.7. The maximum Gasteiger partial charge on any atom is 0.416 e. The van der Waals surface area contributed by atoms with Gasteiger partial charge in [-0.2, -0.15) is 33.4 Å². The van der Waals surface area contributed by atoms with Crippen molar-refractivity contribution >= 4 is 44.2 Å². The number of rotatable bonds is 4. The smallest absolute Gasteiger partial charge is 0.357 e. The van der Waals surface area contributed by atoms with Crippen molar-refractivity contribution in [2.75, 3.05) is 0 Å². The van der Waals surface area contributed by atoms with E-state index >= 15 is 0 Å². The van der Waals surface area contributed by atoms with E-state index in [4.69, 9.17) is 12.2 Å². The van der Waals surface area contributed by atoms with Gasteiger partial charge in [0.25, 0.3) is 0 Å². The second kappa shape index (κ2) is 7.48. The van der Waals surface area contributed by atoms with E-state index in [1.807, 2.05) is 12.1 Å². The average molecular weight is 468 g/mol. The number of aromatic nitrogens is 3. The van der Waals surface area contributed by atoms with Crippen molar-refractivity contribution in [2.24, 2.45) is 0 Å². The molecule has 0 fully saturated rings. The molecule has 0 aliphatic heterocycles. The number of benzene rings is 2. The average Bonchev–Trinajstić information content (AvgIpc) is 3.01. The second-order valence-corrected chi connectivity index (χ2v) is 7.66. The van der Waals surface area contributed by atoms with Gasteiger partial charge < -0.3 is 5.32 Å². The van der Waals surface area contributed by atoms with Crippen molar-refractivity contribution in [3.8, 4) is 6.07 Å². The standard InChI is InChI=1S/C18H13BrF3N5S/c1-17(9-23,10-27-25-14-7-6-13(19)8-15(14)26-27)24-16(28)11-2-4-12(5-3-11)18(20,21)22/h2-8H,10H2,1H3,(H,24,28). The molecule has 0 amide bonds. The summed E-state index contributed by atoms with van der Waals surface area (Å²) in [5.41, 5.74) is -0.201. The van der Waals surface area contributed by atoms with Gasteiger partial charge in [0.2, 0.25) is 0 Å². The molecule has 1 N–H and O–H groups in total. The van der Waals surface area contributed by atoms with Gasteiger partial charge in [-0.1, -0.05) is 40.3 Å². The number of halogens is 4. The van der Waals surface area contributed by atoms with Crippen LogP contribution in [0.3, 0.4) is 0 Å². The van der Waals surface area contributed by atoms with E-state index in [-0.39, 0.29) is 11.5 Å². The summed E-state index contributed by atoms with van der Waals surface area (Å²) in [6.07, 6.45) is -4.42. The van der Waals surface area contributed by atoms with Crippen LogP contribution in [-0.2, 0) is 12.7 Å². The first-order chi connectivity index (χ1) is 13.1. The number of alkyl halides is 3. The Bertz CT molecular complexity index is 1070. The zero-order valence-electron chi connectivity index (χ0n) is 14.5. The van der Waals surface area contributed by atoms with E-state index < -0.39 is 17.3 Å². The fourth-order valence-corrected chi connectivity index (χ4v) is 3.23. The van der Waals surface area contributed by atoms with Gasteiger partial charge >= 0.3 is 6.18 Å². The van der Waals surface area contributed by atoms with Crippen LogP contribution in [0.2, 0.25) is 0 Å². The van der Waals surface area contributed by atoms with Crippen LogP contribution >= 0.6 is 28.1 Å². The fraction of sp³-hybridized carbons (Fsp3) is 0.222. The Balaban J connectivity index is 1.77. The van der Waals surface area contributed by atoms with E-state index in [2.05, 4.69) is 37.5 Å². The van der Waals surface area contributed by atoms with Gasteiger partial charge in [0, 0.05) is 10.0 Å². The van der Waals surface area contributed by atoms with E-state index in [9.17, 15) is 18.4 Å². The van der Waals surface area contributed by atoms with Crippen molar-refractivity contribution in [1.29, 1.82) is 5.26 Å². The zero-order chi connectivity index (χ0) is 20.5. The molecular formula is C18H13BrF3N5S. The Morgan fingerprint density at radius 3 is 2.43 bits per heavy atom. The number of nitrogens with zero attached hydrogens (tertiary/aromatic N) is 4. The van der Waals surface area contributed by atoms with Gasteiger partial charge in [0.05, 0.1) is 18.2 Å². The molecule has 1 atom stereocenters. The fourth-order valence-electron chi connectivity index (χ4n) is 2.52. The molecule has 2 aromatic carbocycles. The van der Waals surface area contributed by atoms with Gasteiger partial charge in [0.15, 0.2) is 0 Å². The molecule has 0 saturated heterocycles. The van der Waals surface area contributed by atoms with Crippen molar-refractivity contribution in [2.45, 2.75) is 25.2 Å². The summed E-state index contributed by atoms with van der Waals surface area (Å²) in [5, 5.41) is 21.2. The number of hydrogen-bond donors (Lipinski definition) is 1. The van der Waals surface area contributed by atoms with Crippen molar-refractivity contribution in [3.63, 3.8) is 0 Å². The van der Waals surface area contributed by atoms with E-state index in [1.54, 1.807) is 13.0 Å². The van der Waals surface area contributed by atoms with E-state index in [1.165, 1.54) is 16.9 Å². The molecular weight excluding hydrogens is 455 g/mol. The lowest BCUT2D eigenvalue weighted by Crippen LogP contribution is -2.48.